The molecule has 1 heterocycles. The fourth-order valence-electron chi connectivity index (χ4n) is 2.53. The molecule has 0 saturated carbocycles. The van der Waals surface area contributed by atoms with Crippen molar-refractivity contribution in [1.82, 2.24) is 10.3 Å². The summed E-state index contributed by atoms with van der Waals surface area (Å²) in [5.41, 5.74) is 4.91. The van der Waals surface area contributed by atoms with Crippen LogP contribution in [0.15, 0.2) is 36.7 Å². The summed E-state index contributed by atoms with van der Waals surface area (Å²) in [5.74, 6) is 0.326. The number of amides is 1. The predicted octanol–water partition coefficient (Wildman–Crippen LogP) is 4.79. The Morgan fingerprint density at radius 1 is 1.21 bits per heavy atom. The van der Waals surface area contributed by atoms with Crippen LogP contribution in [0.5, 0.6) is 0 Å². The molecule has 128 valence electrons. The topological polar surface area (TPSA) is 54.0 Å². The van der Waals surface area contributed by atoms with Crippen molar-refractivity contribution in [2.24, 2.45) is 0 Å². The lowest BCUT2D eigenvalue weighted by Crippen LogP contribution is -2.31. The van der Waals surface area contributed by atoms with E-state index in [0.717, 1.165) is 17.8 Å². The van der Waals surface area contributed by atoms with Crippen molar-refractivity contribution in [1.29, 1.82) is 0 Å². The summed E-state index contributed by atoms with van der Waals surface area (Å²) in [5, 5.41) is 6.41. The van der Waals surface area contributed by atoms with Crippen LogP contribution < -0.4 is 10.6 Å². The van der Waals surface area contributed by atoms with Crippen LogP contribution in [0.1, 0.15) is 61.5 Å². The van der Waals surface area contributed by atoms with Crippen LogP contribution in [0.3, 0.4) is 0 Å². The highest BCUT2D eigenvalue weighted by molar-refractivity contribution is 5.95. The molecule has 0 saturated heterocycles. The molecule has 0 aliphatic heterocycles. The van der Waals surface area contributed by atoms with E-state index in [9.17, 15) is 4.79 Å². The van der Waals surface area contributed by atoms with Crippen molar-refractivity contribution in [2.75, 3.05) is 5.32 Å². The Balaban J connectivity index is 2.26. The van der Waals surface area contributed by atoms with Gasteiger partial charge in [-0.2, -0.15) is 0 Å². The molecule has 1 aromatic carbocycles. The Kier molecular flexibility index (Phi) is 5.96. The first-order valence-electron chi connectivity index (χ1n) is 8.54. The Hall–Kier alpha value is -2.36. The molecule has 0 aliphatic carbocycles. The average molecular weight is 325 g/mol. The Morgan fingerprint density at radius 2 is 1.96 bits per heavy atom. The second-order valence-corrected chi connectivity index (χ2v) is 6.56. The van der Waals surface area contributed by atoms with E-state index in [1.54, 1.807) is 12.4 Å². The van der Waals surface area contributed by atoms with Crippen molar-refractivity contribution < 1.29 is 4.79 Å². The van der Waals surface area contributed by atoms with Gasteiger partial charge in [0, 0.05) is 17.9 Å². The second kappa shape index (κ2) is 7.95. The third-order valence-corrected chi connectivity index (χ3v) is 4.19. The largest absolute Gasteiger partial charge is 0.354 e. The summed E-state index contributed by atoms with van der Waals surface area (Å²) in [6.45, 7) is 10.5. The maximum atomic E-state index is 12.3. The number of nitrogens with zero attached hydrogens (tertiary/aromatic N) is 1. The quantitative estimate of drug-likeness (QED) is 0.803. The van der Waals surface area contributed by atoms with Crippen LogP contribution >= 0.6 is 0 Å². The van der Waals surface area contributed by atoms with E-state index in [0.29, 0.717) is 11.5 Å². The summed E-state index contributed by atoms with van der Waals surface area (Å²) in [4.78, 5) is 16.5. The second-order valence-electron chi connectivity index (χ2n) is 6.56. The number of pyridine rings is 1. The standard InChI is InChI=1S/C20H27N3O/c1-6-15(5)22-20(24)16-10-17(12-21-11-16)23-19-14(4)8-7-9-18(19)13(2)3/h7-13,15,23H,6H2,1-5H3,(H,22,24). The molecule has 1 amide bonds. The molecule has 0 radical (unpaired) electrons. The molecule has 0 fully saturated rings. The third-order valence-electron chi connectivity index (χ3n) is 4.19. The van der Waals surface area contributed by atoms with Crippen LogP contribution in [0, 0.1) is 6.92 Å². The minimum Gasteiger partial charge on any atom is -0.354 e. The van der Waals surface area contributed by atoms with Gasteiger partial charge >= 0.3 is 0 Å². The SMILES string of the molecule is CCC(C)NC(=O)c1cncc(Nc2c(C)cccc2C(C)C)c1. The minimum atomic E-state index is -0.0885. The van der Waals surface area contributed by atoms with Gasteiger partial charge in [0.05, 0.1) is 17.4 Å². The molecule has 0 aliphatic rings. The Labute approximate surface area is 144 Å². The van der Waals surface area contributed by atoms with Crippen LogP contribution in [-0.2, 0) is 0 Å². The number of aryl methyl sites for hydroxylation is 1. The summed E-state index contributed by atoms with van der Waals surface area (Å²) in [6.07, 6.45) is 4.25. The number of nitrogens with one attached hydrogen (secondary N) is 2. The van der Waals surface area contributed by atoms with Crippen molar-refractivity contribution in [3.8, 4) is 0 Å². The van der Waals surface area contributed by atoms with Gasteiger partial charge in [-0.25, -0.2) is 0 Å². The molecule has 0 bridgehead atoms. The lowest BCUT2D eigenvalue weighted by atomic mass is 9.98. The van der Waals surface area contributed by atoms with E-state index < -0.39 is 0 Å². The monoisotopic (exact) mass is 325 g/mol. The molecule has 4 heteroatoms. The Morgan fingerprint density at radius 3 is 2.62 bits per heavy atom. The number of carbonyl (C=O) groups is 1. The fraction of sp³-hybridized carbons (Fsp3) is 0.400. The fourth-order valence-corrected chi connectivity index (χ4v) is 2.53. The third kappa shape index (κ3) is 4.34. The normalized spacial score (nSPS) is 12.1. The van der Waals surface area contributed by atoms with Gasteiger partial charge in [0.25, 0.3) is 5.91 Å². The molecular formula is C20H27N3O. The van der Waals surface area contributed by atoms with Crippen molar-refractivity contribution in [2.45, 2.75) is 53.0 Å². The first kappa shape index (κ1) is 18.0. The number of hydrogen-bond donors (Lipinski definition) is 2. The minimum absolute atomic E-state index is 0.0885. The lowest BCUT2D eigenvalue weighted by Gasteiger charge is -2.18. The number of para-hydroxylation sites is 1. The molecule has 0 spiro atoms. The number of aromatic nitrogens is 1. The zero-order chi connectivity index (χ0) is 17.7. The van der Waals surface area contributed by atoms with Gasteiger partial charge in [-0.15, -0.1) is 0 Å². The van der Waals surface area contributed by atoms with Crippen molar-refractivity contribution in [3.05, 3.63) is 53.3 Å². The summed E-state index contributed by atoms with van der Waals surface area (Å²) in [6, 6.07) is 8.29. The zero-order valence-electron chi connectivity index (χ0n) is 15.2. The number of carbonyl (C=O) groups excluding carboxylic acids is 1. The molecule has 1 unspecified atom stereocenters. The predicted molar refractivity (Wildman–Crippen MR) is 100 cm³/mol. The molecule has 1 atom stereocenters. The van der Waals surface area contributed by atoms with Gasteiger partial charge in [-0.3, -0.25) is 9.78 Å². The lowest BCUT2D eigenvalue weighted by molar-refractivity contribution is 0.0939. The van der Waals surface area contributed by atoms with Crippen molar-refractivity contribution in [3.63, 3.8) is 0 Å². The maximum Gasteiger partial charge on any atom is 0.253 e. The summed E-state index contributed by atoms with van der Waals surface area (Å²) < 4.78 is 0. The van der Waals surface area contributed by atoms with Crippen molar-refractivity contribution >= 4 is 17.3 Å². The van der Waals surface area contributed by atoms with Gasteiger partial charge < -0.3 is 10.6 Å². The van der Waals surface area contributed by atoms with Crippen LogP contribution in [0.25, 0.3) is 0 Å². The molecule has 2 rings (SSSR count). The van der Waals surface area contributed by atoms with Crippen LogP contribution in [0.2, 0.25) is 0 Å². The number of anilines is 2. The van der Waals surface area contributed by atoms with E-state index >= 15 is 0 Å². The number of benzene rings is 1. The van der Waals surface area contributed by atoms with E-state index in [1.807, 2.05) is 19.9 Å². The van der Waals surface area contributed by atoms with E-state index in [2.05, 4.69) is 54.6 Å². The van der Waals surface area contributed by atoms with Gasteiger partial charge in [0.2, 0.25) is 0 Å². The van der Waals surface area contributed by atoms with Crippen LogP contribution in [0.4, 0.5) is 11.4 Å². The molecular weight excluding hydrogens is 298 g/mol. The highest BCUT2D eigenvalue weighted by Crippen LogP contribution is 2.30. The average Bonchev–Trinajstić information content (AvgIpc) is 2.56. The van der Waals surface area contributed by atoms with E-state index in [4.69, 9.17) is 0 Å². The molecule has 1 aromatic heterocycles. The molecule has 2 aromatic rings. The molecule has 2 N–H and O–H groups in total. The number of hydrogen-bond acceptors (Lipinski definition) is 3. The van der Waals surface area contributed by atoms with Gasteiger partial charge in [0.1, 0.15) is 0 Å². The summed E-state index contributed by atoms with van der Waals surface area (Å²) in [7, 11) is 0. The van der Waals surface area contributed by atoms with Gasteiger partial charge in [0.15, 0.2) is 0 Å². The van der Waals surface area contributed by atoms with E-state index in [1.165, 1.54) is 11.1 Å². The first-order chi connectivity index (χ1) is 11.4. The van der Waals surface area contributed by atoms with Crippen LogP contribution in [-0.4, -0.2) is 16.9 Å². The summed E-state index contributed by atoms with van der Waals surface area (Å²) >= 11 is 0. The molecule has 24 heavy (non-hydrogen) atoms. The van der Waals surface area contributed by atoms with Gasteiger partial charge in [-0.05, 0) is 43.4 Å². The first-order valence-corrected chi connectivity index (χ1v) is 8.54. The maximum absolute atomic E-state index is 12.3. The zero-order valence-corrected chi connectivity index (χ0v) is 15.2. The highest BCUT2D eigenvalue weighted by Gasteiger charge is 2.12. The number of rotatable bonds is 6. The Bertz CT molecular complexity index is 710. The molecule has 4 nitrogen and oxygen atoms in total. The van der Waals surface area contributed by atoms with Gasteiger partial charge in [-0.1, -0.05) is 39.0 Å². The van der Waals surface area contributed by atoms with E-state index in [-0.39, 0.29) is 11.9 Å². The smallest absolute Gasteiger partial charge is 0.253 e. The highest BCUT2D eigenvalue weighted by atomic mass is 16.1.